The first kappa shape index (κ1) is 16.0. The Hall–Kier alpha value is -1.38. The summed E-state index contributed by atoms with van der Waals surface area (Å²) < 4.78 is 51.3. The summed E-state index contributed by atoms with van der Waals surface area (Å²) in [5, 5.41) is 10.2. The van der Waals surface area contributed by atoms with Crippen molar-refractivity contribution in [3.63, 3.8) is 0 Å². The summed E-state index contributed by atoms with van der Waals surface area (Å²) in [5.74, 6) is -1.06. The molecule has 118 valence electrons. The second-order valence-corrected chi connectivity index (χ2v) is 6.55. The number of hydrogen-bond donors (Lipinski definition) is 1. The number of aliphatic hydroxyl groups is 1. The van der Waals surface area contributed by atoms with Gasteiger partial charge >= 0.3 is 0 Å². The first-order valence-electron chi connectivity index (χ1n) is 6.40. The number of fused-ring (bicyclic) bond motifs is 1. The van der Waals surface area contributed by atoms with Gasteiger partial charge in [-0.25, -0.2) is 4.39 Å². The van der Waals surface area contributed by atoms with E-state index in [4.69, 9.17) is 9.47 Å². The second kappa shape index (κ2) is 6.17. The molecule has 1 aliphatic heterocycles. The normalized spacial score (nSPS) is 17.3. The molecule has 6 nitrogen and oxygen atoms in total. The van der Waals surface area contributed by atoms with Crippen molar-refractivity contribution in [3.05, 3.63) is 23.5 Å². The highest BCUT2D eigenvalue weighted by molar-refractivity contribution is 7.85. The summed E-state index contributed by atoms with van der Waals surface area (Å²) in [4.78, 5) is 0. The third-order valence-electron chi connectivity index (χ3n) is 3.08. The first-order valence-corrected chi connectivity index (χ1v) is 8.21. The van der Waals surface area contributed by atoms with Crippen LogP contribution < -0.4 is 9.47 Å². The Labute approximate surface area is 122 Å². The van der Waals surface area contributed by atoms with E-state index in [1.807, 2.05) is 0 Å². The SMILES string of the molecule is C[C@H](COS(C)(=O)=O)C(O)c1ccc2c(c1F)OCCO2. The summed E-state index contributed by atoms with van der Waals surface area (Å²) in [5.41, 5.74) is 0.0175. The Bertz CT molecular complexity index is 615. The molecular formula is C13H17FO6S. The lowest BCUT2D eigenvalue weighted by atomic mass is 9.97. The molecule has 1 unspecified atom stereocenters. The maximum absolute atomic E-state index is 14.3. The Balaban J connectivity index is 2.17. The predicted octanol–water partition coefficient (Wildman–Crippen LogP) is 1.24. The fraction of sp³-hybridized carbons (Fsp3) is 0.538. The first-order chi connectivity index (χ1) is 9.79. The molecule has 1 aromatic rings. The molecule has 2 atom stereocenters. The number of hydrogen-bond acceptors (Lipinski definition) is 6. The molecule has 8 heteroatoms. The largest absolute Gasteiger partial charge is 0.486 e. The molecule has 1 heterocycles. The van der Waals surface area contributed by atoms with E-state index in [0.717, 1.165) is 6.26 Å². The summed E-state index contributed by atoms with van der Waals surface area (Å²) in [6, 6.07) is 2.91. The van der Waals surface area contributed by atoms with Crippen LogP contribution in [0.5, 0.6) is 11.5 Å². The molecule has 0 saturated heterocycles. The number of halogens is 1. The van der Waals surface area contributed by atoms with Crippen molar-refractivity contribution < 1.29 is 31.6 Å². The molecule has 1 aliphatic rings. The monoisotopic (exact) mass is 320 g/mol. The van der Waals surface area contributed by atoms with Gasteiger partial charge in [-0.3, -0.25) is 4.18 Å². The molecule has 0 fully saturated rings. The van der Waals surface area contributed by atoms with Gasteiger partial charge in [0.1, 0.15) is 13.2 Å². The van der Waals surface area contributed by atoms with Crippen molar-refractivity contribution in [3.8, 4) is 11.5 Å². The van der Waals surface area contributed by atoms with Crippen molar-refractivity contribution in [2.45, 2.75) is 13.0 Å². The van der Waals surface area contributed by atoms with Crippen molar-refractivity contribution in [2.24, 2.45) is 5.92 Å². The number of rotatable bonds is 5. The average Bonchev–Trinajstić information content (AvgIpc) is 2.44. The van der Waals surface area contributed by atoms with Gasteiger partial charge in [-0.05, 0) is 12.1 Å². The van der Waals surface area contributed by atoms with E-state index in [0.29, 0.717) is 6.61 Å². The van der Waals surface area contributed by atoms with Crippen molar-refractivity contribution >= 4 is 10.1 Å². The molecule has 21 heavy (non-hydrogen) atoms. The highest BCUT2D eigenvalue weighted by Crippen LogP contribution is 2.38. The van der Waals surface area contributed by atoms with Crippen LogP contribution in [0.15, 0.2) is 12.1 Å². The van der Waals surface area contributed by atoms with Gasteiger partial charge in [-0.15, -0.1) is 0 Å². The van der Waals surface area contributed by atoms with Crippen molar-refractivity contribution in [1.29, 1.82) is 0 Å². The molecule has 1 aromatic carbocycles. The zero-order valence-corrected chi connectivity index (χ0v) is 12.5. The van der Waals surface area contributed by atoms with E-state index in [2.05, 4.69) is 4.18 Å². The lowest BCUT2D eigenvalue weighted by Gasteiger charge is -2.23. The minimum atomic E-state index is -3.61. The van der Waals surface area contributed by atoms with Crippen LogP contribution in [0, 0.1) is 11.7 Å². The Morgan fingerprint density at radius 3 is 2.71 bits per heavy atom. The van der Waals surface area contributed by atoms with E-state index >= 15 is 0 Å². The summed E-state index contributed by atoms with van der Waals surface area (Å²) in [6.07, 6.45) is -0.306. The van der Waals surface area contributed by atoms with Crippen molar-refractivity contribution in [1.82, 2.24) is 0 Å². The number of benzene rings is 1. The highest BCUT2D eigenvalue weighted by atomic mass is 32.2. The topological polar surface area (TPSA) is 82.1 Å². The molecule has 0 aliphatic carbocycles. The van der Waals surface area contributed by atoms with Crippen LogP contribution in [0.1, 0.15) is 18.6 Å². The smallest absolute Gasteiger partial charge is 0.264 e. The number of ether oxygens (including phenoxy) is 2. The fourth-order valence-electron chi connectivity index (χ4n) is 1.95. The summed E-state index contributed by atoms with van der Waals surface area (Å²) >= 11 is 0. The van der Waals surface area contributed by atoms with E-state index in [9.17, 15) is 17.9 Å². The van der Waals surface area contributed by atoms with E-state index in [-0.39, 0.29) is 30.3 Å². The van der Waals surface area contributed by atoms with Gasteiger partial charge in [0, 0.05) is 11.5 Å². The molecule has 0 radical (unpaired) electrons. The van der Waals surface area contributed by atoms with Gasteiger partial charge < -0.3 is 14.6 Å². The quantitative estimate of drug-likeness (QED) is 0.822. The van der Waals surface area contributed by atoms with Gasteiger partial charge in [0.05, 0.1) is 19.0 Å². The van der Waals surface area contributed by atoms with Gasteiger partial charge in [0.2, 0.25) is 0 Å². The summed E-state index contributed by atoms with van der Waals surface area (Å²) in [6.45, 7) is 1.89. The van der Waals surface area contributed by atoms with Crippen LogP contribution in [0.3, 0.4) is 0 Å². The third kappa shape index (κ3) is 3.84. The predicted molar refractivity (Wildman–Crippen MR) is 72.3 cm³/mol. The Kier molecular flexibility index (Phi) is 4.70. The second-order valence-electron chi connectivity index (χ2n) is 4.90. The van der Waals surface area contributed by atoms with E-state index < -0.39 is 28.0 Å². The molecule has 1 N–H and O–H groups in total. The molecule has 0 aromatic heterocycles. The van der Waals surface area contributed by atoms with Gasteiger partial charge in [-0.2, -0.15) is 8.42 Å². The van der Waals surface area contributed by atoms with E-state index in [1.165, 1.54) is 12.1 Å². The Morgan fingerprint density at radius 1 is 1.38 bits per heavy atom. The lowest BCUT2D eigenvalue weighted by molar-refractivity contribution is 0.0820. The van der Waals surface area contributed by atoms with Crippen LogP contribution in [0.25, 0.3) is 0 Å². The van der Waals surface area contributed by atoms with Crippen LogP contribution >= 0.6 is 0 Å². The van der Waals surface area contributed by atoms with E-state index in [1.54, 1.807) is 6.92 Å². The van der Waals surface area contributed by atoms with Gasteiger partial charge in [-0.1, -0.05) is 6.92 Å². The molecule has 2 rings (SSSR count). The molecule has 0 saturated carbocycles. The van der Waals surface area contributed by atoms with Crippen molar-refractivity contribution in [2.75, 3.05) is 26.1 Å². The standard InChI is InChI=1S/C13H17FO6S/c1-8(7-20-21(2,16)17)12(15)9-3-4-10-13(11(9)14)19-6-5-18-10/h3-4,8,12,15H,5-7H2,1-2H3/t8-,12?/m1/s1. The van der Waals surface area contributed by atoms with Gasteiger partial charge in [0.25, 0.3) is 10.1 Å². The summed E-state index contributed by atoms with van der Waals surface area (Å²) in [7, 11) is -3.61. The molecular weight excluding hydrogens is 303 g/mol. The average molecular weight is 320 g/mol. The van der Waals surface area contributed by atoms with Gasteiger partial charge in [0.15, 0.2) is 17.3 Å². The minimum absolute atomic E-state index is 0.0175. The maximum Gasteiger partial charge on any atom is 0.264 e. The van der Waals surface area contributed by atoms with Crippen LogP contribution in [-0.4, -0.2) is 39.6 Å². The highest BCUT2D eigenvalue weighted by Gasteiger charge is 2.26. The lowest BCUT2D eigenvalue weighted by Crippen LogP contribution is -2.21. The third-order valence-corrected chi connectivity index (χ3v) is 3.65. The number of aliphatic hydroxyl groups excluding tert-OH is 1. The Morgan fingerprint density at radius 2 is 2.05 bits per heavy atom. The van der Waals surface area contributed by atoms with Crippen LogP contribution in [0.2, 0.25) is 0 Å². The van der Waals surface area contributed by atoms with Crippen LogP contribution in [-0.2, 0) is 14.3 Å². The zero-order chi connectivity index (χ0) is 15.6. The van der Waals surface area contributed by atoms with Crippen LogP contribution in [0.4, 0.5) is 4.39 Å². The maximum atomic E-state index is 14.3. The minimum Gasteiger partial charge on any atom is -0.486 e. The fourth-order valence-corrected chi connectivity index (χ4v) is 2.42. The molecule has 0 spiro atoms. The molecule has 0 amide bonds. The molecule has 0 bridgehead atoms. The zero-order valence-electron chi connectivity index (χ0n) is 11.7.